The van der Waals surface area contributed by atoms with Gasteiger partial charge in [-0.1, -0.05) is 32.4 Å². The molecular weight excluding hydrogens is 303 g/mol. The van der Waals surface area contributed by atoms with Crippen LogP contribution in [0, 0.1) is 5.92 Å². The van der Waals surface area contributed by atoms with Crippen LogP contribution in [0.5, 0.6) is 0 Å². The highest BCUT2D eigenvalue weighted by molar-refractivity contribution is 5.58. The highest BCUT2D eigenvalue weighted by atomic mass is 19.4. The normalized spacial score (nSPS) is 17.0. The molecule has 0 saturated carbocycles. The average Bonchev–Trinajstić information content (AvgIpc) is 2.50. The van der Waals surface area contributed by atoms with E-state index in [1.165, 1.54) is 0 Å². The summed E-state index contributed by atoms with van der Waals surface area (Å²) in [5.41, 5.74) is 6.09. The second kappa shape index (κ2) is 12.5. The Balaban J connectivity index is 4.06. The molecule has 2 unspecified atom stereocenters. The minimum atomic E-state index is -4.14. The highest BCUT2D eigenvalue weighted by Gasteiger charge is 2.24. The third-order valence-corrected chi connectivity index (χ3v) is 4.10. The van der Waals surface area contributed by atoms with Crippen molar-refractivity contribution in [2.75, 3.05) is 13.6 Å². The van der Waals surface area contributed by atoms with Crippen molar-refractivity contribution in [3.63, 3.8) is 0 Å². The Kier molecular flexibility index (Phi) is 12.1. The minimum absolute atomic E-state index is 0.111. The van der Waals surface area contributed by atoms with Crippen molar-refractivity contribution in [1.82, 2.24) is 5.32 Å². The summed E-state index contributed by atoms with van der Waals surface area (Å²) in [7, 11) is 1.94. The molecule has 0 aliphatic carbocycles. The molecule has 0 radical (unpaired) electrons. The van der Waals surface area contributed by atoms with Crippen molar-refractivity contribution >= 4 is 6.21 Å². The molecule has 0 rings (SSSR count). The number of nitrogens with zero attached hydrogens (tertiary/aromatic N) is 1. The molecule has 0 spiro atoms. The molecular formula is C17H32F3N3. The van der Waals surface area contributed by atoms with Crippen LogP contribution < -0.4 is 11.1 Å². The van der Waals surface area contributed by atoms with E-state index in [1.54, 1.807) is 6.08 Å². The van der Waals surface area contributed by atoms with E-state index in [2.05, 4.69) is 24.2 Å². The van der Waals surface area contributed by atoms with Gasteiger partial charge in [0.25, 0.3) is 0 Å². The van der Waals surface area contributed by atoms with Crippen LogP contribution in [0.4, 0.5) is 13.2 Å². The Hall–Kier alpha value is -0.880. The van der Waals surface area contributed by atoms with Crippen LogP contribution in [0.1, 0.15) is 52.4 Å². The maximum Gasteiger partial charge on any atom is 0.392 e. The van der Waals surface area contributed by atoms with Crippen molar-refractivity contribution in [3.8, 4) is 0 Å². The van der Waals surface area contributed by atoms with E-state index >= 15 is 0 Å². The lowest BCUT2D eigenvalue weighted by Crippen LogP contribution is -2.29. The van der Waals surface area contributed by atoms with Crippen LogP contribution in [0.2, 0.25) is 0 Å². The van der Waals surface area contributed by atoms with Gasteiger partial charge in [-0.3, -0.25) is 4.99 Å². The Labute approximate surface area is 138 Å². The first-order chi connectivity index (χ1) is 10.8. The van der Waals surface area contributed by atoms with E-state index < -0.39 is 12.6 Å². The van der Waals surface area contributed by atoms with Crippen LogP contribution in [-0.2, 0) is 0 Å². The van der Waals surface area contributed by atoms with Crippen molar-refractivity contribution in [1.29, 1.82) is 0 Å². The number of nitrogens with two attached hydrogens (primary N) is 1. The molecule has 6 heteroatoms. The van der Waals surface area contributed by atoms with Gasteiger partial charge in [0.05, 0.1) is 6.42 Å². The zero-order valence-corrected chi connectivity index (χ0v) is 14.6. The summed E-state index contributed by atoms with van der Waals surface area (Å²) >= 11 is 0. The SMILES string of the molecule is CCC(CC/N=C\C[C@H](CC)NC)C(N)C/C=C/CC(F)(F)F. The fourth-order valence-electron chi connectivity index (χ4n) is 2.41. The Bertz CT molecular complexity index is 336. The molecule has 0 aromatic rings. The lowest BCUT2D eigenvalue weighted by atomic mass is 9.91. The second-order valence-electron chi connectivity index (χ2n) is 5.87. The molecule has 3 nitrogen and oxygen atoms in total. The van der Waals surface area contributed by atoms with Gasteiger partial charge in [0.15, 0.2) is 0 Å². The molecule has 0 saturated heterocycles. The monoisotopic (exact) mass is 335 g/mol. The number of allylic oxidation sites excluding steroid dienone is 1. The predicted molar refractivity (Wildman–Crippen MR) is 91.9 cm³/mol. The van der Waals surface area contributed by atoms with Crippen LogP contribution >= 0.6 is 0 Å². The third-order valence-electron chi connectivity index (χ3n) is 4.10. The highest BCUT2D eigenvalue weighted by Crippen LogP contribution is 2.20. The number of aliphatic imine (C=N–C) groups is 1. The van der Waals surface area contributed by atoms with Gasteiger partial charge in [-0.15, -0.1) is 0 Å². The number of hydrogen-bond acceptors (Lipinski definition) is 3. The Morgan fingerprint density at radius 3 is 2.35 bits per heavy atom. The number of nitrogens with one attached hydrogen (secondary N) is 1. The van der Waals surface area contributed by atoms with E-state index in [0.717, 1.165) is 38.3 Å². The van der Waals surface area contributed by atoms with Gasteiger partial charge in [0, 0.05) is 24.8 Å². The molecule has 0 amide bonds. The van der Waals surface area contributed by atoms with E-state index in [0.29, 0.717) is 12.5 Å². The Morgan fingerprint density at radius 1 is 1.13 bits per heavy atom. The summed E-state index contributed by atoms with van der Waals surface area (Å²) in [4.78, 5) is 4.42. The molecule has 3 N–H and O–H groups in total. The molecule has 0 aliphatic rings. The molecule has 0 fully saturated rings. The third kappa shape index (κ3) is 12.2. The summed E-state index contributed by atoms with van der Waals surface area (Å²) in [5, 5.41) is 3.22. The summed E-state index contributed by atoms with van der Waals surface area (Å²) in [6, 6.07) is 0.349. The first-order valence-electron chi connectivity index (χ1n) is 8.46. The van der Waals surface area contributed by atoms with Crippen LogP contribution in [0.3, 0.4) is 0 Å². The smallest absolute Gasteiger partial charge is 0.327 e. The van der Waals surface area contributed by atoms with Gasteiger partial charge in [-0.2, -0.15) is 13.2 Å². The lowest BCUT2D eigenvalue weighted by molar-refractivity contribution is -0.125. The molecule has 3 atom stereocenters. The van der Waals surface area contributed by atoms with Gasteiger partial charge in [-0.05, 0) is 38.6 Å². The molecule has 0 aromatic carbocycles. The number of alkyl halides is 3. The van der Waals surface area contributed by atoms with Gasteiger partial charge in [-0.25, -0.2) is 0 Å². The molecule has 0 heterocycles. The van der Waals surface area contributed by atoms with E-state index in [9.17, 15) is 13.2 Å². The zero-order chi connectivity index (χ0) is 17.7. The average molecular weight is 335 g/mol. The standard InChI is InChI=1S/C17H32F3N3/c1-4-14(9-12-23-13-10-15(5-2)22-3)16(21)8-6-7-11-17(18,19)20/h6-7,13-16,22H,4-5,8-12,21H2,1-3H3/b7-6+,23-13-/t14?,15-,16?/m0/s1. The fraction of sp³-hybridized carbons (Fsp3) is 0.824. The number of rotatable bonds is 12. The lowest BCUT2D eigenvalue weighted by Gasteiger charge is -2.20. The van der Waals surface area contributed by atoms with Crippen molar-refractivity contribution in [2.45, 2.75) is 70.6 Å². The zero-order valence-electron chi connectivity index (χ0n) is 14.6. The van der Waals surface area contributed by atoms with Gasteiger partial charge >= 0.3 is 6.18 Å². The maximum atomic E-state index is 12.0. The summed E-state index contributed by atoms with van der Waals surface area (Å²) < 4.78 is 36.1. The largest absolute Gasteiger partial charge is 0.392 e. The van der Waals surface area contributed by atoms with E-state index in [4.69, 9.17) is 5.73 Å². The van der Waals surface area contributed by atoms with Gasteiger partial charge in [0.2, 0.25) is 0 Å². The van der Waals surface area contributed by atoms with Crippen molar-refractivity contribution in [2.24, 2.45) is 16.6 Å². The summed E-state index contributed by atoms with van der Waals surface area (Å²) in [6.45, 7) is 4.91. The van der Waals surface area contributed by atoms with Crippen LogP contribution in [-0.4, -0.2) is 38.1 Å². The fourth-order valence-corrected chi connectivity index (χ4v) is 2.41. The number of halogens is 3. The van der Waals surface area contributed by atoms with Gasteiger partial charge < -0.3 is 11.1 Å². The van der Waals surface area contributed by atoms with Crippen molar-refractivity contribution < 1.29 is 13.2 Å². The molecule has 0 aliphatic heterocycles. The predicted octanol–water partition coefficient (Wildman–Crippen LogP) is 4.09. The van der Waals surface area contributed by atoms with Crippen LogP contribution in [0.15, 0.2) is 17.1 Å². The first-order valence-corrected chi connectivity index (χ1v) is 8.46. The van der Waals surface area contributed by atoms with E-state index in [1.807, 2.05) is 13.3 Å². The van der Waals surface area contributed by atoms with E-state index in [-0.39, 0.29) is 12.0 Å². The first kappa shape index (κ1) is 22.1. The van der Waals surface area contributed by atoms with Crippen molar-refractivity contribution in [3.05, 3.63) is 12.2 Å². The summed E-state index contributed by atoms with van der Waals surface area (Å²) in [5.74, 6) is 0.286. The maximum absolute atomic E-state index is 12.0. The molecule has 136 valence electrons. The van der Waals surface area contributed by atoms with Gasteiger partial charge in [0.1, 0.15) is 0 Å². The Morgan fingerprint density at radius 2 is 1.83 bits per heavy atom. The molecule has 23 heavy (non-hydrogen) atoms. The molecule has 0 bridgehead atoms. The quantitative estimate of drug-likeness (QED) is 0.417. The second-order valence-corrected chi connectivity index (χ2v) is 5.87. The van der Waals surface area contributed by atoms with Crippen LogP contribution in [0.25, 0.3) is 0 Å². The minimum Gasteiger partial charge on any atom is -0.327 e. The number of hydrogen-bond donors (Lipinski definition) is 2. The summed E-state index contributed by atoms with van der Waals surface area (Å²) in [6.07, 6.45) is 3.88. The topological polar surface area (TPSA) is 50.4 Å². The molecule has 0 aromatic heterocycles.